The molecule has 2 aliphatic heterocycles. The Labute approximate surface area is 229 Å². The smallest absolute Gasteiger partial charge is 0.179 e. The number of benzene rings is 2. The Hall–Kier alpha value is -1.72. The van der Waals surface area contributed by atoms with E-state index in [4.69, 9.17) is 0 Å². The lowest BCUT2D eigenvalue weighted by Crippen LogP contribution is -2.45. The number of unbranched alkanes of at least 4 members (excludes halogenated alkanes) is 1. The Morgan fingerprint density at radius 3 is 1.22 bits per heavy atom. The highest BCUT2D eigenvalue weighted by molar-refractivity contribution is 6.00. The third-order valence-electron chi connectivity index (χ3n) is 7.59. The molecule has 0 amide bonds. The first-order valence-corrected chi connectivity index (χ1v) is 13.4. The van der Waals surface area contributed by atoms with Crippen LogP contribution in [0.4, 0.5) is 0 Å². The molecule has 2 saturated heterocycles. The molecule has 2 aromatic rings. The number of nitrogens with zero attached hydrogens (tertiary/aromatic N) is 2. The van der Waals surface area contributed by atoms with Crippen molar-refractivity contribution in [2.75, 3.05) is 26.2 Å². The van der Waals surface area contributed by atoms with E-state index in [0.717, 1.165) is 63.0 Å². The van der Waals surface area contributed by atoms with E-state index in [1.54, 1.807) is 0 Å². The van der Waals surface area contributed by atoms with Crippen molar-refractivity contribution in [1.29, 1.82) is 0 Å². The molecule has 0 spiro atoms. The molecule has 0 N–H and O–H groups in total. The Bertz CT molecular complexity index is 822. The molecule has 2 fully saturated rings. The number of hydrogen-bond acceptors (Lipinski definition) is 4. The van der Waals surface area contributed by atoms with Crippen LogP contribution >= 0.6 is 24.8 Å². The minimum atomic E-state index is -0.0408. The van der Waals surface area contributed by atoms with E-state index in [-0.39, 0.29) is 48.5 Å². The normalized spacial score (nSPS) is 18.3. The average molecular weight is 534 g/mol. The molecule has 2 aliphatic rings. The molecule has 2 unspecified atom stereocenters. The molecule has 0 aromatic heterocycles. The molecule has 198 valence electrons. The lowest BCUT2D eigenvalue weighted by Gasteiger charge is -2.35. The number of ketones is 2. The van der Waals surface area contributed by atoms with Gasteiger partial charge in [0.05, 0.1) is 12.1 Å². The van der Waals surface area contributed by atoms with Gasteiger partial charge < -0.3 is 0 Å². The molecular formula is C30H42Cl2N2O2. The van der Waals surface area contributed by atoms with Crippen LogP contribution in [0.15, 0.2) is 60.7 Å². The van der Waals surface area contributed by atoms with Gasteiger partial charge in [0.25, 0.3) is 0 Å². The van der Waals surface area contributed by atoms with Gasteiger partial charge in [0.2, 0.25) is 0 Å². The highest BCUT2D eigenvalue weighted by atomic mass is 35.5. The second-order valence-electron chi connectivity index (χ2n) is 9.97. The van der Waals surface area contributed by atoms with Gasteiger partial charge >= 0.3 is 0 Å². The first-order chi connectivity index (χ1) is 16.7. The quantitative estimate of drug-likeness (QED) is 0.234. The third-order valence-corrected chi connectivity index (χ3v) is 7.59. The maximum atomic E-state index is 13.4. The highest BCUT2D eigenvalue weighted by Crippen LogP contribution is 2.23. The van der Waals surface area contributed by atoms with E-state index < -0.39 is 0 Å². The lowest BCUT2D eigenvalue weighted by atomic mass is 9.92. The Morgan fingerprint density at radius 1 is 0.556 bits per heavy atom. The fourth-order valence-electron chi connectivity index (χ4n) is 5.68. The number of rotatable bonds is 11. The van der Waals surface area contributed by atoms with Crippen molar-refractivity contribution in [3.05, 3.63) is 71.8 Å². The molecule has 0 saturated carbocycles. The van der Waals surface area contributed by atoms with E-state index in [0.29, 0.717) is 0 Å². The van der Waals surface area contributed by atoms with Crippen molar-refractivity contribution in [3.8, 4) is 0 Å². The maximum Gasteiger partial charge on any atom is 0.179 e. The summed E-state index contributed by atoms with van der Waals surface area (Å²) in [6.07, 6.45) is 11.0. The molecular weight excluding hydrogens is 491 g/mol. The zero-order valence-electron chi connectivity index (χ0n) is 21.4. The topological polar surface area (TPSA) is 40.6 Å². The van der Waals surface area contributed by atoms with Gasteiger partial charge in [-0.2, -0.15) is 0 Å². The number of piperidine rings is 2. The summed E-state index contributed by atoms with van der Waals surface area (Å²) in [4.78, 5) is 31.6. The van der Waals surface area contributed by atoms with Gasteiger partial charge in [-0.3, -0.25) is 19.4 Å². The van der Waals surface area contributed by atoms with E-state index in [1.807, 2.05) is 60.7 Å². The lowest BCUT2D eigenvalue weighted by molar-refractivity contribution is 0.0734. The summed E-state index contributed by atoms with van der Waals surface area (Å²) in [5.74, 6) is 0.519. The fourth-order valence-corrected chi connectivity index (χ4v) is 5.68. The van der Waals surface area contributed by atoms with Gasteiger partial charge in [0.15, 0.2) is 11.6 Å². The van der Waals surface area contributed by atoms with Gasteiger partial charge in [0.1, 0.15) is 0 Å². The van der Waals surface area contributed by atoms with Crippen LogP contribution in [0, 0.1) is 0 Å². The van der Waals surface area contributed by atoms with Crippen LogP contribution in [0.5, 0.6) is 0 Å². The Balaban J connectivity index is 0.00000228. The van der Waals surface area contributed by atoms with Crippen molar-refractivity contribution < 1.29 is 9.59 Å². The molecule has 0 bridgehead atoms. The highest BCUT2D eigenvalue weighted by Gasteiger charge is 2.30. The number of likely N-dealkylation sites (tertiary alicyclic amines) is 2. The van der Waals surface area contributed by atoms with Gasteiger partial charge in [-0.1, -0.05) is 86.3 Å². The van der Waals surface area contributed by atoms with Crippen LogP contribution in [0.3, 0.4) is 0 Å². The van der Waals surface area contributed by atoms with Crippen molar-refractivity contribution in [2.45, 2.75) is 76.3 Å². The zero-order valence-corrected chi connectivity index (χ0v) is 23.0. The third kappa shape index (κ3) is 8.41. The number of halogens is 2. The van der Waals surface area contributed by atoms with Crippen LogP contribution in [-0.4, -0.2) is 59.6 Å². The number of Topliss-reactive ketones (excluding diaryl/α,β-unsaturated/α-hetero) is 2. The molecule has 2 atom stereocenters. The first-order valence-electron chi connectivity index (χ1n) is 13.4. The van der Waals surface area contributed by atoms with Gasteiger partial charge in [-0.15, -0.1) is 24.8 Å². The Kier molecular flexibility index (Phi) is 13.7. The van der Waals surface area contributed by atoms with Crippen molar-refractivity contribution >= 4 is 36.4 Å². The van der Waals surface area contributed by atoms with E-state index in [1.165, 1.54) is 38.5 Å². The van der Waals surface area contributed by atoms with Crippen molar-refractivity contribution in [3.63, 3.8) is 0 Å². The average Bonchev–Trinajstić information content (AvgIpc) is 2.92. The molecule has 36 heavy (non-hydrogen) atoms. The molecule has 4 nitrogen and oxygen atoms in total. The predicted molar refractivity (Wildman–Crippen MR) is 153 cm³/mol. The van der Waals surface area contributed by atoms with Gasteiger partial charge in [-0.25, -0.2) is 0 Å². The van der Waals surface area contributed by atoms with Crippen molar-refractivity contribution in [2.24, 2.45) is 0 Å². The molecule has 2 aromatic carbocycles. The van der Waals surface area contributed by atoms with Crippen LogP contribution in [0.25, 0.3) is 0 Å². The monoisotopic (exact) mass is 532 g/mol. The van der Waals surface area contributed by atoms with Gasteiger partial charge in [0, 0.05) is 11.1 Å². The molecule has 6 heteroatoms. The summed E-state index contributed by atoms with van der Waals surface area (Å²) in [5, 5.41) is 0. The molecule has 4 rings (SSSR count). The van der Waals surface area contributed by atoms with E-state index >= 15 is 0 Å². The fraction of sp³-hybridized carbons (Fsp3) is 0.533. The second-order valence-corrected chi connectivity index (χ2v) is 9.97. The summed E-state index contributed by atoms with van der Waals surface area (Å²) in [6.45, 7) is 4.08. The Morgan fingerprint density at radius 2 is 0.889 bits per heavy atom. The summed E-state index contributed by atoms with van der Waals surface area (Å²) in [6, 6.07) is 19.5. The van der Waals surface area contributed by atoms with E-state index in [2.05, 4.69) is 9.80 Å². The number of carbonyl (C=O) groups excluding carboxylic acids is 2. The zero-order chi connectivity index (χ0) is 23.6. The number of hydrogen-bond donors (Lipinski definition) is 0. The van der Waals surface area contributed by atoms with Crippen LogP contribution < -0.4 is 0 Å². The first kappa shape index (κ1) is 30.5. The van der Waals surface area contributed by atoms with Crippen LogP contribution in [0.1, 0.15) is 84.9 Å². The minimum Gasteiger partial charge on any atom is -0.293 e. The summed E-state index contributed by atoms with van der Waals surface area (Å²) >= 11 is 0. The SMILES string of the molecule is Cl.Cl.O=C(c1ccccc1)C(CCCCC(C(=O)c1ccccc1)N1CCCCC1)N1CCCCC1. The van der Waals surface area contributed by atoms with E-state index in [9.17, 15) is 9.59 Å². The molecule has 0 aliphatic carbocycles. The van der Waals surface area contributed by atoms with Crippen molar-refractivity contribution in [1.82, 2.24) is 9.80 Å². The maximum absolute atomic E-state index is 13.4. The second kappa shape index (κ2) is 16.2. The standard InChI is InChI=1S/C30H40N2O2.2ClH/c33-29(25-15-5-1-6-16-25)27(31-21-11-3-12-22-31)19-9-10-20-28(32-23-13-4-14-24-32)30(34)26-17-7-2-8-18-26;;/h1-2,5-8,15-18,27-28H,3-4,9-14,19-24H2;2*1H. The van der Waals surface area contributed by atoms with Crippen LogP contribution in [-0.2, 0) is 0 Å². The summed E-state index contributed by atoms with van der Waals surface area (Å²) in [5.41, 5.74) is 1.65. The summed E-state index contributed by atoms with van der Waals surface area (Å²) in [7, 11) is 0. The number of carbonyl (C=O) groups is 2. The molecule has 0 radical (unpaired) electrons. The minimum absolute atomic E-state index is 0. The van der Waals surface area contributed by atoms with Crippen LogP contribution in [0.2, 0.25) is 0 Å². The summed E-state index contributed by atoms with van der Waals surface area (Å²) < 4.78 is 0. The largest absolute Gasteiger partial charge is 0.293 e. The molecule has 2 heterocycles. The predicted octanol–water partition coefficient (Wildman–Crippen LogP) is 6.87. The van der Waals surface area contributed by atoms with Gasteiger partial charge in [-0.05, 0) is 64.7 Å².